The first-order chi connectivity index (χ1) is 13.6. The zero-order valence-corrected chi connectivity index (χ0v) is 15.9. The van der Waals surface area contributed by atoms with Crippen LogP contribution in [-0.2, 0) is 15.7 Å². The van der Waals surface area contributed by atoms with Gasteiger partial charge in [0.1, 0.15) is 16.8 Å². The maximum Gasteiger partial charge on any atom is 0.219 e. The fraction of sp³-hybridized carbons (Fsp3) is 0.200. The molecule has 2 N–H and O–H groups in total. The van der Waals surface area contributed by atoms with E-state index in [1.165, 1.54) is 18.5 Å². The van der Waals surface area contributed by atoms with E-state index < -0.39 is 16.8 Å². The molecule has 0 radical (unpaired) electrons. The lowest BCUT2D eigenvalue weighted by molar-refractivity contribution is 0.0752. The number of ether oxygens (including phenoxy) is 1. The van der Waals surface area contributed by atoms with Gasteiger partial charge in [0.15, 0.2) is 0 Å². The Morgan fingerprint density at radius 2 is 1.71 bits per heavy atom. The van der Waals surface area contributed by atoms with Crippen molar-refractivity contribution in [2.75, 3.05) is 32.0 Å². The van der Waals surface area contributed by atoms with Crippen molar-refractivity contribution in [1.29, 1.82) is 0 Å². The molecule has 1 unspecified atom stereocenters. The van der Waals surface area contributed by atoms with Gasteiger partial charge in [0.25, 0.3) is 0 Å². The molecular formula is C20H19FN4O2S. The van der Waals surface area contributed by atoms with Gasteiger partial charge in [-0.1, -0.05) is 30.3 Å². The summed E-state index contributed by atoms with van der Waals surface area (Å²) in [6.07, 6.45) is 2.98. The molecule has 1 fully saturated rings. The second-order valence-electron chi connectivity index (χ2n) is 6.31. The molecule has 1 aliphatic heterocycles. The first-order valence-corrected chi connectivity index (χ1v) is 9.95. The van der Waals surface area contributed by atoms with Crippen molar-refractivity contribution >= 4 is 16.9 Å². The first kappa shape index (κ1) is 18.7. The van der Waals surface area contributed by atoms with Gasteiger partial charge < -0.3 is 10.5 Å². The van der Waals surface area contributed by atoms with E-state index in [1.54, 1.807) is 6.07 Å². The summed E-state index contributed by atoms with van der Waals surface area (Å²) in [7, 11) is -1.34. The lowest BCUT2D eigenvalue weighted by atomic mass is 10.0. The van der Waals surface area contributed by atoms with Gasteiger partial charge in [-0.2, -0.15) is 0 Å². The number of aromatic nitrogens is 2. The summed E-state index contributed by atoms with van der Waals surface area (Å²) in [5, 5.41) is 0. The van der Waals surface area contributed by atoms with Crippen LogP contribution in [0.4, 0.5) is 10.3 Å². The number of nitrogen functional groups attached to an aromatic ring is 1. The van der Waals surface area contributed by atoms with E-state index in [0.29, 0.717) is 47.9 Å². The molecule has 28 heavy (non-hydrogen) atoms. The minimum absolute atomic E-state index is 0.139. The van der Waals surface area contributed by atoms with Crippen LogP contribution >= 0.6 is 0 Å². The number of rotatable bonds is 4. The predicted octanol–water partition coefficient (Wildman–Crippen LogP) is 2.89. The molecule has 0 spiro atoms. The van der Waals surface area contributed by atoms with Crippen LogP contribution in [0.3, 0.4) is 0 Å². The highest BCUT2D eigenvalue weighted by molar-refractivity contribution is 7.82. The minimum atomic E-state index is -1.34. The zero-order valence-electron chi connectivity index (χ0n) is 15.0. The normalized spacial score (nSPS) is 16.0. The van der Waals surface area contributed by atoms with Gasteiger partial charge in [0.2, 0.25) is 5.95 Å². The molecule has 0 amide bonds. The molecule has 1 saturated heterocycles. The topological polar surface area (TPSA) is 81.3 Å². The van der Waals surface area contributed by atoms with Crippen molar-refractivity contribution in [1.82, 2.24) is 14.3 Å². The Morgan fingerprint density at radius 1 is 1.00 bits per heavy atom. The average molecular weight is 398 g/mol. The number of hydrogen-bond acceptors (Lipinski definition) is 5. The second kappa shape index (κ2) is 8.14. The first-order valence-electron chi connectivity index (χ1n) is 8.85. The second-order valence-corrected chi connectivity index (χ2v) is 7.77. The Balaban J connectivity index is 1.69. The lowest BCUT2D eigenvalue weighted by Crippen LogP contribution is -2.37. The summed E-state index contributed by atoms with van der Waals surface area (Å²) in [6.45, 7) is 2.32. The molecule has 8 heteroatoms. The number of morpholine rings is 1. The Bertz CT molecular complexity index is 1010. The van der Waals surface area contributed by atoms with Crippen LogP contribution in [0.1, 0.15) is 0 Å². The van der Waals surface area contributed by atoms with Gasteiger partial charge >= 0.3 is 0 Å². The number of nitrogens with two attached hydrogens (primary N) is 1. The highest BCUT2D eigenvalue weighted by Crippen LogP contribution is 2.31. The molecule has 0 bridgehead atoms. The number of nitrogens with zero attached hydrogens (tertiary/aromatic N) is 3. The van der Waals surface area contributed by atoms with Gasteiger partial charge in [0.05, 0.1) is 18.1 Å². The summed E-state index contributed by atoms with van der Waals surface area (Å²) in [4.78, 5) is 8.48. The fourth-order valence-electron chi connectivity index (χ4n) is 3.10. The monoisotopic (exact) mass is 398 g/mol. The van der Waals surface area contributed by atoms with Crippen LogP contribution in [0.15, 0.2) is 59.8 Å². The molecule has 1 aromatic heterocycles. The molecule has 6 nitrogen and oxygen atoms in total. The molecule has 2 aromatic carbocycles. The van der Waals surface area contributed by atoms with E-state index in [4.69, 9.17) is 10.5 Å². The van der Waals surface area contributed by atoms with E-state index >= 15 is 0 Å². The van der Waals surface area contributed by atoms with Crippen LogP contribution in [-0.4, -0.2) is 44.8 Å². The number of benzene rings is 2. The maximum absolute atomic E-state index is 14.8. The van der Waals surface area contributed by atoms with Crippen LogP contribution in [0.25, 0.3) is 22.3 Å². The van der Waals surface area contributed by atoms with Gasteiger partial charge in [-0.25, -0.2) is 22.9 Å². The fourth-order valence-corrected chi connectivity index (χ4v) is 4.43. The summed E-state index contributed by atoms with van der Waals surface area (Å²) in [5.74, 6) is -0.266. The van der Waals surface area contributed by atoms with Crippen LogP contribution in [0.5, 0.6) is 0 Å². The summed E-state index contributed by atoms with van der Waals surface area (Å²) in [6, 6.07) is 12.3. The van der Waals surface area contributed by atoms with Crippen LogP contribution in [0.2, 0.25) is 0 Å². The SMILES string of the molecule is Nc1ncc(-c2ccc(-c3ccccc3S(=O)N3CCOCC3)cc2F)cn1. The minimum Gasteiger partial charge on any atom is -0.379 e. The Labute approximate surface area is 164 Å². The summed E-state index contributed by atoms with van der Waals surface area (Å²) < 4.78 is 35.1. The highest BCUT2D eigenvalue weighted by Gasteiger charge is 2.21. The van der Waals surface area contributed by atoms with E-state index in [0.717, 1.165) is 5.56 Å². The average Bonchev–Trinajstić information content (AvgIpc) is 2.74. The molecule has 4 rings (SSSR count). The number of anilines is 1. The maximum atomic E-state index is 14.8. The van der Waals surface area contributed by atoms with Crippen molar-refractivity contribution in [3.05, 3.63) is 60.7 Å². The predicted molar refractivity (Wildman–Crippen MR) is 106 cm³/mol. The Morgan fingerprint density at radius 3 is 2.43 bits per heavy atom. The largest absolute Gasteiger partial charge is 0.379 e. The van der Waals surface area contributed by atoms with Crippen molar-refractivity contribution in [3.8, 4) is 22.3 Å². The smallest absolute Gasteiger partial charge is 0.219 e. The van der Waals surface area contributed by atoms with E-state index in [-0.39, 0.29) is 5.95 Å². The molecule has 0 aliphatic carbocycles. The summed E-state index contributed by atoms with van der Waals surface area (Å²) in [5.41, 5.74) is 7.83. The third-order valence-electron chi connectivity index (χ3n) is 4.54. The zero-order chi connectivity index (χ0) is 19.5. The molecular weight excluding hydrogens is 379 g/mol. The number of halogens is 1. The third-order valence-corrected chi connectivity index (χ3v) is 6.11. The third kappa shape index (κ3) is 3.80. The Kier molecular flexibility index (Phi) is 5.43. The summed E-state index contributed by atoms with van der Waals surface area (Å²) >= 11 is 0. The Hall–Kier alpha value is -2.68. The van der Waals surface area contributed by atoms with Crippen molar-refractivity contribution < 1.29 is 13.3 Å². The molecule has 1 atom stereocenters. The standard InChI is InChI=1S/C20H19FN4O2S/c21-18-11-14(5-6-16(18)15-12-23-20(22)24-13-15)17-3-1-2-4-19(17)28(26)25-7-9-27-10-8-25/h1-6,11-13H,7-10H2,(H2,22,23,24). The highest BCUT2D eigenvalue weighted by atomic mass is 32.2. The van der Waals surface area contributed by atoms with E-state index in [1.807, 2.05) is 34.6 Å². The molecule has 3 aromatic rings. The van der Waals surface area contributed by atoms with Gasteiger partial charge in [0, 0.05) is 36.6 Å². The lowest BCUT2D eigenvalue weighted by Gasteiger charge is -2.26. The van der Waals surface area contributed by atoms with Crippen molar-refractivity contribution in [2.45, 2.75) is 4.90 Å². The van der Waals surface area contributed by atoms with Gasteiger partial charge in [-0.3, -0.25) is 0 Å². The van der Waals surface area contributed by atoms with E-state index in [9.17, 15) is 8.60 Å². The van der Waals surface area contributed by atoms with Gasteiger partial charge in [-0.05, 0) is 23.3 Å². The van der Waals surface area contributed by atoms with Crippen LogP contribution in [0, 0.1) is 5.82 Å². The molecule has 2 heterocycles. The van der Waals surface area contributed by atoms with Gasteiger partial charge in [-0.15, -0.1) is 0 Å². The molecule has 0 saturated carbocycles. The van der Waals surface area contributed by atoms with E-state index in [2.05, 4.69) is 9.97 Å². The number of hydrogen-bond donors (Lipinski definition) is 1. The van der Waals surface area contributed by atoms with Crippen LogP contribution < -0.4 is 5.73 Å². The molecule has 1 aliphatic rings. The van der Waals surface area contributed by atoms with Crippen molar-refractivity contribution in [3.63, 3.8) is 0 Å². The molecule has 144 valence electrons. The van der Waals surface area contributed by atoms with Crippen molar-refractivity contribution in [2.24, 2.45) is 0 Å². The quantitative estimate of drug-likeness (QED) is 0.731.